The van der Waals surface area contributed by atoms with E-state index in [-0.39, 0.29) is 30.0 Å². The summed E-state index contributed by atoms with van der Waals surface area (Å²) < 4.78 is 11.1. The average Bonchev–Trinajstić information content (AvgIpc) is 2.72. The number of carbonyl (C=O) groups excluding carboxylic acids is 2. The van der Waals surface area contributed by atoms with Crippen LogP contribution in [0.3, 0.4) is 0 Å². The lowest BCUT2D eigenvalue weighted by Crippen LogP contribution is -2.40. The molecule has 0 unspecified atom stereocenters. The largest absolute Gasteiger partial charge is 0.491 e. The van der Waals surface area contributed by atoms with Crippen LogP contribution in [0.25, 0.3) is 10.9 Å². The third-order valence-electron chi connectivity index (χ3n) is 5.53. The highest BCUT2D eigenvalue weighted by Crippen LogP contribution is 2.34. The summed E-state index contributed by atoms with van der Waals surface area (Å²) in [7, 11) is 0. The molecule has 1 fully saturated rings. The predicted molar refractivity (Wildman–Crippen MR) is 117 cm³/mol. The van der Waals surface area contributed by atoms with E-state index in [0.29, 0.717) is 34.6 Å². The highest BCUT2D eigenvalue weighted by atomic mass is 16.5. The Balaban J connectivity index is 1.76. The Morgan fingerprint density at radius 2 is 2.00 bits per heavy atom. The Bertz CT molecular complexity index is 922. The summed E-state index contributed by atoms with van der Waals surface area (Å²) in [6.07, 6.45) is 5.37. The number of anilines is 1. The lowest BCUT2D eigenvalue weighted by atomic mass is 9.88. The van der Waals surface area contributed by atoms with Crippen LogP contribution in [-0.4, -0.2) is 36.1 Å². The van der Waals surface area contributed by atoms with E-state index in [1.807, 2.05) is 19.1 Å². The number of benzene rings is 1. The van der Waals surface area contributed by atoms with Crippen LogP contribution in [0.4, 0.5) is 5.69 Å². The first-order valence-corrected chi connectivity index (χ1v) is 10.7. The van der Waals surface area contributed by atoms with Gasteiger partial charge in [0.2, 0.25) is 5.91 Å². The lowest BCUT2D eigenvalue weighted by molar-refractivity contribution is -0.126. The van der Waals surface area contributed by atoms with Crippen molar-refractivity contribution >= 4 is 28.5 Å². The van der Waals surface area contributed by atoms with Gasteiger partial charge in [-0.3, -0.25) is 9.78 Å². The number of nitrogen functional groups attached to an aromatic ring is 1. The Morgan fingerprint density at radius 1 is 1.27 bits per heavy atom. The van der Waals surface area contributed by atoms with E-state index < -0.39 is 5.97 Å². The van der Waals surface area contributed by atoms with Crippen molar-refractivity contribution < 1.29 is 19.1 Å². The number of nitrogens with one attached hydrogen (secondary N) is 1. The van der Waals surface area contributed by atoms with Crippen LogP contribution in [0.15, 0.2) is 18.2 Å². The van der Waals surface area contributed by atoms with Gasteiger partial charge in [-0.05, 0) is 45.7 Å². The zero-order valence-electron chi connectivity index (χ0n) is 18.0. The summed E-state index contributed by atoms with van der Waals surface area (Å²) in [6, 6.07) is 5.30. The van der Waals surface area contributed by atoms with Crippen LogP contribution in [0, 0.1) is 12.8 Å². The second-order valence-corrected chi connectivity index (χ2v) is 7.91. The number of hydrogen-bond donors (Lipinski definition) is 2. The minimum absolute atomic E-state index is 0.102. The quantitative estimate of drug-likeness (QED) is 0.670. The smallest absolute Gasteiger partial charge is 0.342 e. The van der Waals surface area contributed by atoms with Gasteiger partial charge in [-0.15, -0.1) is 0 Å². The number of esters is 1. The van der Waals surface area contributed by atoms with E-state index in [1.165, 1.54) is 6.42 Å². The Labute approximate surface area is 177 Å². The van der Waals surface area contributed by atoms with Gasteiger partial charge in [-0.1, -0.05) is 25.3 Å². The maximum atomic E-state index is 12.5. The van der Waals surface area contributed by atoms with Crippen molar-refractivity contribution in [2.75, 3.05) is 18.9 Å². The van der Waals surface area contributed by atoms with E-state index in [1.54, 1.807) is 19.9 Å². The number of rotatable bonds is 7. The van der Waals surface area contributed by atoms with E-state index in [0.717, 1.165) is 25.7 Å². The van der Waals surface area contributed by atoms with Crippen LogP contribution < -0.4 is 15.8 Å². The number of carbonyl (C=O) groups is 2. The summed E-state index contributed by atoms with van der Waals surface area (Å²) in [5.41, 5.74) is 8.07. The summed E-state index contributed by atoms with van der Waals surface area (Å²) in [6.45, 7) is 5.95. The highest BCUT2D eigenvalue weighted by Gasteiger charge is 2.23. The second kappa shape index (κ2) is 9.78. The molecule has 3 N–H and O–H groups in total. The number of ether oxygens (including phenoxy) is 2. The Morgan fingerprint density at radius 3 is 2.70 bits per heavy atom. The molecule has 1 saturated carbocycles. The summed E-state index contributed by atoms with van der Waals surface area (Å²) in [5.74, 6) is 0.241. The van der Waals surface area contributed by atoms with Crippen molar-refractivity contribution in [3.63, 3.8) is 0 Å². The number of aryl methyl sites for hydroxylation is 1. The Hall–Kier alpha value is -2.83. The minimum atomic E-state index is -0.496. The molecular formula is C23H31N3O4. The van der Waals surface area contributed by atoms with E-state index >= 15 is 0 Å². The maximum absolute atomic E-state index is 12.5. The van der Waals surface area contributed by atoms with Gasteiger partial charge in [0.25, 0.3) is 0 Å². The number of fused-ring (bicyclic) bond motifs is 1. The molecule has 7 heteroatoms. The molecule has 0 saturated heterocycles. The molecule has 7 nitrogen and oxygen atoms in total. The molecule has 162 valence electrons. The number of aromatic nitrogens is 1. The number of amides is 1. The van der Waals surface area contributed by atoms with E-state index in [4.69, 9.17) is 15.2 Å². The van der Waals surface area contributed by atoms with Crippen molar-refractivity contribution in [2.24, 2.45) is 5.92 Å². The van der Waals surface area contributed by atoms with Crippen LogP contribution >= 0.6 is 0 Å². The van der Waals surface area contributed by atoms with Crippen molar-refractivity contribution in [2.45, 2.75) is 58.9 Å². The van der Waals surface area contributed by atoms with Gasteiger partial charge in [-0.25, -0.2) is 4.79 Å². The molecule has 2 aromatic rings. The normalized spacial score (nSPS) is 15.6. The van der Waals surface area contributed by atoms with Gasteiger partial charge in [-0.2, -0.15) is 0 Å². The number of nitrogens with two attached hydrogens (primary N) is 1. The summed E-state index contributed by atoms with van der Waals surface area (Å²) >= 11 is 0. The molecular weight excluding hydrogens is 382 g/mol. The first-order valence-electron chi connectivity index (χ1n) is 10.7. The SMILES string of the molecule is CCOC(=O)c1c(C)nc2cccc(OC[C@H](C)NC(=O)C3CCCCC3)c2c1N. The molecule has 1 atom stereocenters. The molecule has 1 heterocycles. The molecule has 0 aliphatic heterocycles. The van der Waals surface area contributed by atoms with Crippen molar-refractivity contribution in [1.82, 2.24) is 10.3 Å². The standard InChI is InChI=1S/C23H31N3O4/c1-4-29-23(28)19-15(3)26-17-11-8-12-18(20(17)21(19)24)30-13-14(2)25-22(27)16-9-6-5-7-10-16/h8,11-12,14,16H,4-7,9-10,13H2,1-3H3,(H2,24,26)(H,25,27)/t14-/m0/s1. The third kappa shape index (κ3) is 4.83. The molecule has 1 aromatic carbocycles. The highest BCUT2D eigenvalue weighted by molar-refractivity contribution is 6.07. The monoisotopic (exact) mass is 413 g/mol. The minimum Gasteiger partial charge on any atom is -0.491 e. The van der Waals surface area contributed by atoms with Crippen molar-refractivity contribution in [3.05, 3.63) is 29.5 Å². The molecule has 1 aliphatic carbocycles. The second-order valence-electron chi connectivity index (χ2n) is 7.91. The van der Waals surface area contributed by atoms with Crippen molar-refractivity contribution in [1.29, 1.82) is 0 Å². The first-order chi connectivity index (χ1) is 14.4. The fourth-order valence-corrected chi connectivity index (χ4v) is 4.00. The number of nitrogens with zero attached hydrogens (tertiary/aromatic N) is 1. The summed E-state index contributed by atoms with van der Waals surface area (Å²) in [4.78, 5) is 29.3. The van der Waals surface area contributed by atoms with Crippen LogP contribution in [0.5, 0.6) is 5.75 Å². The van der Waals surface area contributed by atoms with Crippen LogP contribution in [0.2, 0.25) is 0 Å². The fraction of sp³-hybridized carbons (Fsp3) is 0.522. The molecule has 0 radical (unpaired) electrons. The third-order valence-corrected chi connectivity index (χ3v) is 5.53. The van der Waals surface area contributed by atoms with Gasteiger partial charge in [0.05, 0.1) is 34.9 Å². The average molecular weight is 414 g/mol. The van der Waals surface area contributed by atoms with Gasteiger partial charge in [0.1, 0.15) is 17.9 Å². The number of pyridine rings is 1. The molecule has 0 spiro atoms. The molecule has 3 rings (SSSR count). The zero-order chi connectivity index (χ0) is 21.7. The van der Waals surface area contributed by atoms with Gasteiger partial charge >= 0.3 is 5.97 Å². The van der Waals surface area contributed by atoms with Gasteiger partial charge in [0.15, 0.2) is 0 Å². The first kappa shape index (κ1) is 21.9. The van der Waals surface area contributed by atoms with Gasteiger partial charge < -0.3 is 20.5 Å². The van der Waals surface area contributed by atoms with Crippen molar-refractivity contribution in [3.8, 4) is 5.75 Å². The number of hydrogen-bond acceptors (Lipinski definition) is 6. The molecule has 1 aliphatic rings. The maximum Gasteiger partial charge on any atom is 0.342 e. The predicted octanol–water partition coefficient (Wildman–Crippen LogP) is 3.77. The molecule has 1 amide bonds. The zero-order valence-corrected chi connectivity index (χ0v) is 18.0. The topological polar surface area (TPSA) is 104 Å². The molecule has 1 aromatic heterocycles. The lowest BCUT2D eigenvalue weighted by Gasteiger charge is -2.23. The van der Waals surface area contributed by atoms with Gasteiger partial charge in [0, 0.05) is 5.92 Å². The van der Waals surface area contributed by atoms with E-state index in [2.05, 4.69) is 10.3 Å². The molecule has 30 heavy (non-hydrogen) atoms. The Kier molecular flexibility index (Phi) is 7.13. The fourth-order valence-electron chi connectivity index (χ4n) is 4.00. The summed E-state index contributed by atoms with van der Waals surface area (Å²) in [5, 5.41) is 3.63. The molecule has 0 bridgehead atoms. The van der Waals surface area contributed by atoms with E-state index in [9.17, 15) is 9.59 Å². The van der Waals surface area contributed by atoms with Crippen LogP contribution in [0.1, 0.15) is 62.0 Å². The van der Waals surface area contributed by atoms with Crippen LogP contribution in [-0.2, 0) is 9.53 Å².